The van der Waals surface area contributed by atoms with E-state index >= 15 is 0 Å². The standard InChI is InChI=1S/C14H21N3O2/c18-14(7-11-4-5-11)16-12-8-15-17(9-12)10-13-3-1-2-6-19-13/h8-9,11,13H,1-7,10H2,(H,16,18)/t13-/m1/s1. The molecule has 1 amide bonds. The summed E-state index contributed by atoms with van der Waals surface area (Å²) in [5.41, 5.74) is 0.793. The molecule has 0 unspecified atom stereocenters. The van der Waals surface area contributed by atoms with Crippen LogP contribution < -0.4 is 5.32 Å². The lowest BCUT2D eigenvalue weighted by atomic mass is 10.1. The predicted molar refractivity (Wildman–Crippen MR) is 71.8 cm³/mol. The molecule has 1 aliphatic heterocycles. The molecule has 0 spiro atoms. The van der Waals surface area contributed by atoms with Crippen LogP contribution in [0.15, 0.2) is 12.4 Å². The topological polar surface area (TPSA) is 56.2 Å². The van der Waals surface area contributed by atoms with Crippen LogP contribution in [0.1, 0.15) is 38.5 Å². The number of carbonyl (C=O) groups excluding carboxylic acids is 1. The molecule has 1 N–H and O–H groups in total. The summed E-state index contributed by atoms with van der Waals surface area (Å²) in [6.07, 6.45) is 10.4. The summed E-state index contributed by atoms with van der Waals surface area (Å²) in [5, 5.41) is 7.19. The highest BCUT2D eigenvalue weighted by Crippen LogP contribution is 2.32. The Kier molecular flexibility index (Phi) is 3.82. The lowest BCUT2D eigenvalue weighted by Crippen LogP contribution is -2.24. The number of aromatic nitrogens is 2. The Morgan fingerprint density at radius 2 is 2.32 bits per heavy atom. The zero-order valence-corrected chi connectivity index (χ0v) is 11.2. The zero-order valence-electron chi connectivity index (χ0n) is 11.2. The van der Waals surface area contributed by atoms with Crippen molar-refractivity contribution >= 4 is 11.6 Å². The minimum Gasteiger partial charge on any atom is -0.376 e. The van der Waals surface area contributed by atoms with Crippen LogP contribution in [0.5, 0.6) is 0 Å². The first-order valence-corrected chi connectivity index (χ1v) is 7.23. The van der Waals surface area contributed by atoms with Crippen LogP contribution in [-0.2, 0) is 16.1 Å². The van der Waals surface area contributed by atoms with E-state index in [1.807, 2.05) is 10.9 Å². The molecule has 1 saturated carbocycles. The van der Waals surface area contributed by atoms with Gasteiger partial charge in [-0.3, -0.25) is 9.48 Å². The van der Waals surface area contributed by atoms with E-state index in [-0.39, 0.29) is 12.0 Å². The molecule has 19 heavy (non-hydrogen) atoms. The summed E-state index contributed by atoms with van der Waals surface area (Å²) in [7, 11) is 0. The summed E-state index contributed by atoms with van der Waals surface area (Å²) in [6.45, 7) is 1.63. The van der Waals surface area contributed by atoms with E-state index in [9.17, 15) is 4.79 Å². The van der Waals surface area contributed by atoms with E-state index in [1.165, 1.54) is 19.3 Å². The Hall–Kier alpha value is -1.36. The highest BCUT2D eigenvalue weighted by atomic mass is 16.5. The molecule has 0 bridgehead atoms. The fourth-order valence-corrected chi connectivity index (χ4v) is 2.48. The highest BCUT2D eigenvalue weighted by molar-refractivity contribution is 5.90. The summed E-state index contributed by atoms with van der Waals surface area (Å²) in [4.78, 5) is 11.7. The molecule has 1 aromatic heterocycles. The molecule has 1 aliphatic carbocycles. The molecule has 1 atom stereocenters. The van der Waals surface area contributed by atoms with Crippen molar-refractivity contribution in [3.63, 3.8) is 0 Å². The number of amides is 1. The molecule has 0 radical (unpaired) electrons. The van der Waals surface area contributed by atoms with Gasteiger partial charge in [-0.05, 0) is 38.0 Å². The molecule has 5 nitrogen and oxygen atoms in total. The van der Waals surface area contributed by atoms with Crippen LogP contribution >= 0.6 is 0 Å². The largest absolute Gasteiger partial charge is 0.376 e. The Bertz CT molecular complexity index is 434. The quantitative estimate of drug-likeness (QED) is 0.886. The monoisotopic (exact) mass is 263 g/mol. The van der Waals surface area contributed by atoms with Crippen LogP contribution in [0.25, 0.3) is 0 Å². The second-order valence-corrected chi connectivity index (χ2v) is 5.64. The van der Waals surface area contributed by atoms with Gasteiger partial charge in [-0.15, -0.1) is 0 Å². The van der Waals surface area contributed by atoms with Crippen molar-refractivity contribution in [3.05, 3.63) is 12.4 Å². The average Bonchev–Trinajstić information content (AvgIpc) is 3.11. The SMILES string of the molecule is O=C(CC1CC1)Nc1cnn(C[C@H]2CCCCO2)c1. The van der Waals surface area contributed by atoms with E-state index in [2.05, 4.69) is 10.4 Å². The van der Waals surface area contributed by atoms with Crippen LogP contribution in [0.2, 0.25) is 0 Å². The molecule has 3 rings (SSSR count). The van der Waals surface area contributed by atoms with Gasteiger partial charge in [-0.2, -0.15) is 5.10 Å². The number of anilines is 1. The van der Waals surface area contributed by atoms with Crippen molar-refractivity contribution in [3.8, 4) is 0 Å². The van der Waals surface area contributed by atoms with E-state index in [0.29, 0.717) is 12.3 Å². The van der Waals surface area contributed by atoms with Crippen LogP contribution in [0.3, 0.4) is 0 Å². The lowest BCUT2D eigenvalue weighted by Gasteiger charge is -2.22. The second kappa shape index (κ2) is 5.74. The highest BCUT2D eigenvalue weighted by Gasteiger charge is 2.24. The fourth-order valence-electron chi connectivity index (χ4n) is 2.48. The first-order valence-electron chi connectivity index (χ1n) is 7.23. The van der Waals surface area contributed by atoms with Gasteiger partial charge in [0.2, 0.25) is 5.91 Å². The van der Waals surface area contributed by atoms with Gasteiger partial charge in [0.1, 0.15) is 0 Å². The van der Waals surface area contributed by atoms with E-state index in [1.54, 1.807) is 6.20 Å². The van der Waals surface area contributed by atoms with Gasteiger partial charge < -0.3 is 10.1 Å². The minimum atomic E-state index is 0.107. The van der Waals surface area contributed by atoms with Gasteiger partial charge in [0, 0.05) is 19.2 Å². The lowest BCUT2D eigenvalue weighted by molar-refractivity contribution is -0.116. The fraction of sp³-hybridized carbons (Fsp3) is 0.714. The molecule has 2 aliphatic rings. The first kappa shape index (κ1) is 12.7. The van der Waals surface area contributed by atoms with E-state index < -0.39 is 0 Å². The molecular formula is C14H21N3O2. The third kappa shape index (κ3) is 3.80. The Morgan fingerprint density at radius 1 is 1.42 bits per heavy atom. The maximum Gasteiger partial charge on any atom is 0.224 e. The number of hydrogen-bond acceptors (Lipinski definition) is 3. The van der Waals surface area contributed by atoms with Gasteiger partial charge in [0.15, 0.2) is 0 Å². The maximum absolute atomic E-state index is 11.7. The Balaban J connectivity index is 1.48. The molecule has 5 heteroatoms. The molecule has 2 fully saturated rings. The zero-order chi connectivity index (χ0) is 13.1. The summed E-state index contributed by atoms with van der Waals surface area (Å²) in [5.74, 6) is 0.724. The molecular weight excluding hydrogens is 242 g/mol. The average molecular weight is 263 g/mol. The first-order chi connectivity index (χ1) is 9.29. The maximum atomic E-state index is 11.7. The third-order valence-corrected chi connectivity index (χ3v) is 3.75. The van der Waals surface area contributed by atoms with E-state index in [0.717, 1.165) is 31.7 Å². The van der Waals surface area contributed by atoms with Gasteiger partial charge >= 0.3 is 0 Å². The van der Waals surface area contributed by atoms with Gasteiger partial charge in [0.05, 0.1) is 24.5 Å². The van der Waals surface area contributed by atoms with Crippen LogP contribution in [0, 0.1) is 5.92 Å². The van der Waals surface area contributed by atoms with Gasteiger partial charge in [-0.1, -0.05) is 0 Å². The van der Waals surface area contributed by atoms with Crippen molar-refractivity contribution in [1.82, 2.24) is 9.78 Å². The molecule has 104 valence electrons. The van der Waals surface area contributed by atoms with Crippen molar-refractivity contribution in [2.75, 3.05) is 11.9 Å². The predicted octanol–water partition coefficient (Wildman–Crippen LogP) is 2.19. The number of ether oxygens (including phenoxy) is 1. The van der Waals surface area contributed by atoms with Crippen molar-refractivity contribution in [2.24, 2.45) is 5.92 Å². The second-order valence-electron chi connectivity index (χ2n) is 5.64. The minimum absolute atomic E-state index is 0.107. The Morgan fingerprint density at radius 3 is 3.05 bits per heavy atom. The number of hydrogen-bond donors (Lipinski definition) is 1. The van der Waals surface area contributed by atoms with Crippen LogP contribution in [-0.4, -0.2) is 28.4 Å². The van der Waals surface area contributed by atoms with Crippen molar-refractivity contribution in [2.45, 2.75) is 51.2 Å². The summed E-state index contributed by atoms with van der Waals surface area (Å²) in [6, 6.07) is 0. The number of nitrogens with zero attached hydrogens (tertiary/aromatic N) is 2. The molecule has 0 aromatic carbocycles. The van der Waals surface area contributed by atoms with Gasteiger partial charge in [-0.25, -0.2) is 0 Å². The smallest absolute Gasteiger partial charge is 0.224 e. The Labute approximate surface area is 113 Å². The summed E-state index contributed by atoms with van der Waals surface area (Å²) < 4.78 is 7.55. The molecule has 1 saturated heterocycles. The molecule has 2 heterocycles. The van der Waals surface area contributed by atoms with Gasteiger partial charge in [0.25, 0.3) is 0 Å². The number of nitrogens with one attached hydrogen (secondary N) is 1. The summed E-state index contributed by atoms with van der Waals surface area (Å²) >= 11 is 0. The van der Waals surface area contributed by atoms with Crippen molar-refractivity contribution in [1.29, 1.82) is 0 Å². The normalized spacial score (nSPS) is 23.3. The third-order valence-electron chi connectivity index (χ3n) is 3.75. The van der Waals surface area contributed by atoms with Crippen molar-refractivity contribution < 1.29 is 9.53 Å². The van der Waals surface area contributed by atoms with E-state index in [4.69, 9.17) is 4.74 Å². The molecule has 1 aromatic rings. The van der Waals surface area contributed by atoms with Crippen LogP contribution in [0.4, 0.5) is 5.69 Å². The number of carbonyl (C=O) groups is 1. The number of rotatable bonds is 5.